The van der Waals surface area contributed by atoms with Gasteiger partial charge in [0.05, 0.1) is 19.0 Å². The van der Waals surface area contributed by atoms with E-state index in [0.717, 1.165) is 36.0 Å². The van der Waals surface area contributed by atoms with Crippen LogP contribution in [0.25, 0.3) is 0 Å². The molecule has 0 amide bonds. The van der Waals surface area contributed by atoms with Crippen LogP contribution in [0.5, 0.6) is 0 Å². The van der Waals surface area contributed by atoms with Crippen LogP contribution >= 0.6 is 12.4 Å². The molecule has 5 nitrogen and oxygen atoms in total. The molecule has 1 fully saturated rings. The lowest BCUT2D eigenvalue weighted by molar-refractivity contribution is -0.0431. The van der Waals surface area contributed by atoms with Crippen molar-refractivity contribution in [2.24, 2.45) is 0 Å². The third-order valence-electron chi connectivity index (χ3n) is 5.20. The van der Waals surface area contributed by atoms with E-state index in [9.17, 15) is 12.8 Å². The van der Waals surface area contributed by atoms with Crippen molar-refractivity contribution in [3.05, 3.63) is 71.0 Å². The highest BCUT2D eigenvalue weighted by atomic mass is 35.5. The van der Waals surface area contributed by atoms with E-state index in [2.05, 4.69) is 16.5 Å². The molecule has 1 N–H and O–H groups in total. The third-order valence-corrected chi connectivity index (χ3v) is 5.98. The molecule has 0 aromatic heterocycles. The summed E-state index contributed by atoms with van der Waals surface area (Å²) in [5.41, 5.74) is 3.07. The minimum Gasteiger partial charge on any atom is -0.371 e. The molecule has 2 aromatic carbocycles. The molecule has 1 unspecified atom stereocenters. The van der Waals surface area contributed by atoms with Gasteiger partial charge in [-0.05, 0) is 42.7 Å². The first-order valence-electron chi connectivity index (χ1n) is 9.41. The SMILES string of the molecule is CC(c1ccc([C@@H](C)NS(C)(=O)=O)cc1)N1CCO[C@@H](c2ccc(F)cc2)C1.Cl. The van der Waals surface area contributed by atoms with Gasteiger partial charge in [0.15, 0.2) is 0 Å². The van der Waals surface area contributed by atoms with Gasteiger partial charge in [0, 0.05) is 25.2 Å². The first-order chi connectivity index (χ1) is 13.2. The van der Waals surface area contributed by atoms with Crippen molar-refractivity contribution in [1.29, 1.82) is 0 Å². The lowest BCUT2D eigenvalue weighted by atomic mass is 10.0. The number of nitrogens with zero attached hydrogens (tertiary/aromatic N) is 1. The van der Waals surface area contributed by atoms with Crippen molar-refractivity contribution in [3.8, 4) is 0 Å². The molecule has 1 saturated heterocycles. The maximum atomic E-state index is 13.2. The van der Waals surface area contributed by atoms with Gasteiger partial charge < -0.3 is 4.74 Å². The van der Waals surface area contributed by atoms with Crippen LogP contribution in [0.1, 0.15) is 48.7 Å². The number of ether oxygens (including phenoxy) is 1. The minimum absolute atomic E-state index is 0. The Morgan fingerprint density at radius 1 is 1.07 bits per heavy atom. The zero-order chi connectivity index (χ0) is 20.3. The van der Waals surface area contributed by atoms with Crippen molar-refractivity contribution in [2.45, 2.75) is 32.0 Å². The van der Waals surface area contributed by atoms with Gasteiger partial charge in [-0.2, -0.15) is 0 Å². The molecule has 8 heteroatoms. The van der Waals surface area contributed by atoms with Crippen LogP contribution in [-0.4, -0.2) is 39.3 Å². The fourth-order valence-electron chi connectivity index (χ4n) is 3.56. The molecular weight excluding hydrogens is 415 g/mol. The molecule has 1 aliphatic heterocycles. The standard InChI is InChI=1S/C21H27FN2O3S.ClH/c1-15(23-28(3,25)26)17-4-6-18(7-5-17)16(2)24-12-13-27-21(14-24)19-8-10-20(22)11-9-19;/h4-11,15-16,21,23H,12-14H2,1-3H3;1H/t15-,16?,21-;/m1./s1. The molecule has 0 saturated carbocycles. The van der Waals surface area contributed by atoms with E-state index in [0.29, 0.717) is 6.61 Å². The highest BCUT2D eigenvalue weighted by Gasteiger charge is 2.26. The van der Waals surface area contributed by atoms with E-state index in [1.807, 2.05) is 31.2 Å². The maximum Gasteiger partial charge on any atom is 0.209 e. The largest absolute Gasteiger partial charge is 0.371 e. The normalized spacial score (nSPS) is 19.9. The van der Waals surface area contributed by atoms with Gasteiger partial charge in [-0.1, -0.05) is 36.4 Å². The van der Waals surface area contributed by atoms with Crippen LogP contribution in [-0.2, 0) is 14.8 Å². The molecule has 0 bridgehead atoms. The monoisotopic (exact) mass is 442 g/mol. The Labute approximate surface area is 178 Å². The van der Waals surface area contributed by atoms with Gasteiger partial charge >= 0.3 is 0 Å². The average molecular weight is 443 g/mol. The molecular formula is C21H28ClFN2O3S. The maximum absolute atomic E-state index is 13.2. The molecule has 29 heavy (non-hydrogen) atoms. The van der Waals surface area contributed by atoms with Crippen molar-refractivity contribution < 1.29 is 17.5 Å². The quantitative estimate of drug-likeness (QED) is 0.734. The van der Waals surface area contributed by atoms with Crippen LogP contribution < -0.4 is 4.72 Å². The van der Waals surface area contributed by atoms with Crippen LogP contribution in [0, 0.1) is 5.82 Å². The summed E-state index contributed by atoms with van der Waals surface area (Å²) in [4.78, 5) is 2.35. The second-order valence-electron chi connectivity index (χ2n) is 7.36. The summed E-state index contributed by atoms with van der Waals surface area (Å²) in [7, 11) is -3.25. The van der Waals surface area contributed by atoms with Crippen LogP contribution in [0.2, 0.25) is 0 Å². The predicted octanol–water partition coefficient (Wildman–Crippen LogP) is 3.99. The zero-order valence-electron chi connectivity index (χ0n) is 16.8. The van der Waals surface area contributed by atoms with Gasteiger partial charge in [0.2, 0.25) is 10.0 Å². The lowest BCUT2D eigenvalue weighted by Crippen LogP contribution is -2.39. The molecule has 0 spiro atoms. The summed E-state index contributed by atoms with van der Waals surface area (Å²) in [6, 6.07) is 14.4. The highest BCUT2D eigenvalue weighted by Crippen LogP contribution is 2.29. The second-order valence-corrected chi connectivity index (χ2v) is 9.14. The minimum atomic E-state index is -3.25. The first kappa shape index (κ1) is 23.8. The number of morpholine rings is 1. The lowest BCUT2D eigenvalue weighted by Gasteiger charge is -2.37. The van der Waals surface area contributed by atoms with Gasteiger partial charge in [-0.15, -0.1) is 12.4 Å². The number of benzene rings is 2. The third kappa shape index (κ3) is 6.49. The Morgan fingerprint density at radius 3 is 2.24 bits per heavy atom. The van der Waals surface area contributed by atoms with Gasteiger partial charge in [0.1, 0.15) is 5.82 Å². The zero-order valence-corrected chi connectivity index (χ0v) is 18.5. The van der Waals surface area contributed by atoms with E-state index in [-0.39, 0.29) is 36.4 Å². The van der Waals surface area contributed by atoms with Crippen molar-refractivity contribution in [2.75, 3.05) is 26.0 Å². The van der Waals surface area contributed by atoms with Crippen molar-refractivity contribution >= 4 is 22.4 Å². The highest BCUT2D eigenvalue weighted by molar-refractivity contribution is 7.88. The molecule has 1 aliphatic rings. The fourth-order valence-corrected chi connectivity index (χ4v) is 4.34. The molecule has 1 heterocycles. The summed E-state index contributed by atoms with van der Waals surface area (Å²) in [5, 5.41) is 0. The van der Waals surface area contributed by atoms with E-state index in [1.165, 1.54) is 12.1 Å². The van der Waals surface area contributed by atoms with Gasteiger partial charge in [0.25, 0.3) is 0 Å². The van der Waals surface area contributed by atoms with Crippen molar-refractivity contribution in [1.82, 2.24) is 9.62 Å². The second kappa shape index (κ2) is 10.00. The molecule has 0 radical (unpaired) electrons. The number of nitrogens with one attached hydrogen (secondary N) is 1. The molecule has 2 aromatic rings. The summed E-state index contributed by atoms with van der Waals surface area (Å²) in [5.74, 6) is -0.246. The Morgan fingerprint density at radius 2 is 1.66 bits per heavy atom. The molecule has 160 valence electrons. The summed E-state index contributed by atoms with van der Waals surface area (Å²) < 4.78 is 44.5. The summed E-state index contributed by atoms with van der Waals surface area (Å²) in [6.07, 6.45) is 1.09. The number of halogens is 2. The predicted molar refractivity (Wildman–Crippen MR) is 115 cm³/mol. The van der Waals surface area contributed by atoms with E-state index in [1.54, 1.807) is 12.1 Å². The molecule has 3 rings (SSSR count). The summed E-state index contributed by atoms with van der Waals surface area (Å²) in [6.45, 7) is 6.17. The Balaban J connectivity index is 0.00000300. The summed E-state index contributed by atoms with van der Waals surface area (Å²) >= 11 is 0. The van der Waals surface area contributed by atoms with Crippen LogP contribution in [0.3, 0.4) is 0 Å². The smallest absolute Gasteiger partial charge is 0.209 e. The Kier molecular flexibility index (Phi) is 8.19. The average Bonchev–Trinajstić information content (AvgIpc) is 2.67. The van der Waals surface area contributed by atoms with E-state index >= 15 is 0 Å². The van der Waals surface area contributed by atoms with Gasteiger partial charge in [-0.3, -0.25) is 4.90 Å². The first-order valence-corrected chi connectivity index (χ1v) is 11.3. The molecule has 3 atom stereocenters. The Bertz CT molecular complexity index is 891. The number of sulfonamides is 1. The van der Waals surface area contributed by atoms with E-state index < -0.39 is 10.0 Å². The number of hydrogen-bond donors (Lipinski definition) is 1. The fraction of sp³-hybridized carbons (Fsp3) is 0.429. The van der Waals surface area contributed by atoms with Crippen LogP contribution in [0.4, 0.5) is 4.39 Å². The number of rotatable bonds is 6. The molecule has 0 aliphatic carbocycles. The van der Waals surface area contributed by atoms with E-state index in [4.69, 9.17) is 4.74 Å². The topological polar surface area (TPSA) is 58.6 Å². The van der Waals surface area contributed by atoms with Crippen LogP contribution in [0.15, 0.2) is 48.5 Å². The number of hydrogen-bond acceptors (Lipinski definition) is 4. The Hall–Kier alpha value is -1.51. The van der Waals surface area contributed by atoms with Crippen molar-refractivity contribution in [3.63, 3.8) is 0 Å². The van der Waals surface area contributed by atoms with Gasteiger partial charge in [-0.25, -0.2) is 17.5 Å².